The average Bonchev–Trinajstić information content (AvgIpc) is 3.57. The molecule has 62 heavy (non-hydrogen) atoms. The molecule has 1 heterocycles. The molecular weight excluding hydrogens is 789 g/mol. The number of fused-ring (bicyclic) bond motifs is 5. The lowest BCUT2D eigenvalue weighted by Gasteiger charge is -2.57. The van der Waals surface area contributed by atoms with Crippen LogP contribution in [0.4, 0.5) is 20.1 Å². The Morgan fingerprint density at radius 1 is 0.919 bits per heavy atom. The van der Waals surface area contributed by atoms with Crippen molar-refractivity contribution < 1.29 is 38.2 Å². The Morgan fingerprint density at radius 2 is 1.66 bits per heavy atom. The second kappa shape index (κ2) is 19.3. The van der Waals surface area contributed by atoms with Crippen molar-refractivity contribution in [3.63, 3.8) is 0 Å². The van der Waals surface area contributed by atoms with Crippen LogP contribution in [0, 0.1) is 34.5 Å². The van der Waals surface area contributed by atoms with Gasteiger partial charge in [-0.1, -0.05) is 63.6 Å². The highest BCUT2D eigenvalue weighted by atomic mass is 16.7. The molecule has 1 aromatic carbocycles. The van der Waals surface area contributed by atoms with E-state index in [2.05, 4.69) is 58.3 Å². The molecule has 2 saturated carbocycles. The number of pyridine rings is 1. The Labute approximate surface area is 365 Å². The summed E-state index contributed by atoms with van der Waals surface area (Å²) in [5.74, 6) is 0.489. The van der Waals surface area contributed by atoms with Gasteiger partial charge in [-0.2, -0.15) is 0 Å². The number of ether oxygens (including phenoxy) is 3. The first kappa shape index (κ1) is 46.1. The topological polar surface area (TPSA) is 200 Å². The summed E-state index contributed by atoms with van der Waals surface area (Å²) in [6.07, 6.45) is 14.7. The highest BCUT2D eigenvalue weighted by molar-refractivity contribution is 5.98. The number of hydrogen-bond donors (Lipinski definition) is 5. The first-order chi connectivity index (χ1) is 29.4. The summed E-state index contributed by atoms with van der Waals surface area (Å²) in [4.78, 5) is 68.0. The van der Waals surface area contributed by atoms with E-state index in [4.69, 9.17) is 19.9 Å². The fraction of sp³-hybridized carbons (Fsp3) is 0.583. The van der Waals surface area contributed by atoms with Gasteiger partial charge in [0.2, 0.25) is 11.8 Å². The number of benzene rings is 1. The highest BCUT2D eigenvalue weighted by Gasteiger charge is 2.57. The number of carbonyl (C=O) groups excluding carboxylic acids is 5. The quantitative estimate of drug-likeness (QED) is 0.0706. The highest BCUT2D eigenvalue weighted by Crippen LogP contribution is 2.66. The van der Waals surface area contributed by atoms with Crippen LogP contribution in [-0.4, -0.2) is 65.4 Å². The first-order valence-electron chi connectivity index (χ1n) is 22.2. The summed E-state index contributed by atoms with van der Waals surface area (Å²) in [5, 5.41) is 10.7. The lowest BCUT2D eigenvalue weighted by molar-refractivity contribution is -0.128. The minimum atomic E-state index is -1.01. The van der Waals surface area contributed by atoms with Crippen LogP contribution < -0.4 is 27.0 Å². The largest absolute Gasteiger partial charge is 0.508 e. The number of nitrogens with one attached hydrogen (secondary N) is 4. The van der Waals surface area contributed by atoms with E-state index >= 15 is 0 Å². The standard InChI is InChI=1S/C48H66N6O8/c1-29(2)40(54-44(58)62-46(3,4)5)42(56)53-39(11-9-25-51-43(49)57)41(55)52-33-15-12-30(13-16-33)28-60-45(59)61-34-20-22-47(6)32(26-34)14-17-35-37-19-18-36(31-10-8-24-50-27-31)48(37,7)23-21-38(35)47/h8,10,12-16,18,24,27,29,34-35,37-40H,9,11,17,19-23,25-26,28H2,1-7H3,(H,52,55)(H,53,56)(H,54,58)(H3,49,51,57)/t34-,35?,37-,38-,39-,40-,47-,48+/m0/s1. The Morgan fingerprint density at radius 3 is 2.34 bits per heavy atom. The smallest absolute Gasteiger partial charge is 0.444 e. The van der Waals surface area contributed by atoms with Gasteiger partial charge in [0.15, 0.2) is 0 Å². The molecule has 5 amide bonds. The summed E-state index contributed by atoms with van der Waals surface area (Å²) in [6, 6.07) is 8.37. The number of urea groups is 1. The maximum atomic E-state index is 13.5. The van der Waals surface area contributed by atoms with Gasteiger partial charge in [0.05, 0.1) is 0 Å². The van der Waals surface area contributed by atoms with Crippen molar-refractivity contribution in [2.45, 2.75) is 137 Å². The number of alkyl carbamates (subject to hydrolysis) is 1. The third-order valence-electron chi connectivity index (χ3n) is 13.7. The summed E-state index contributed by atoms with van der Waals surface area (Å²) in [6.45, 7) is 13.8. The Hall–Kier alpha value is -5.40. The van der Waals surface area contributed by atoms with Crippen LogP contribution in [0.2, 0.25) is 0 Å². The summed E-state index contributed by atoms with van der Waals surface area (Å²) in [7, 11) is 0. The molecule has 0 saturated heterocycles. The second-order valence-electron chi connectivity index (χ2n) is 19.4. The predicted molar refractivity (Wildman–Crippen MR) is 236 cm³/mol. The number of primary amides is 1. The molecule has 8 atom stereocenters. The lowest BCUT2D eigenvalue weighted by atomic mass is 9.47. The number of amides is 5. The zero-order valence-corrected chi connectivity index (χ0v) is 37.4. The van der Waals surface area contributed by atoms with Crippen LogP contribution in [0.15, 0.2) is 66.5 Å². The molecule has 0 bridgehead atoms. The molecule has 1 unspecified atom stereocenters. The van der Waals surface area contributed by atoms with E-state index < -0.39 is 47.8 Å². The Balaban J connectivity index is 0.991. The lowest BCUT2D eigenvalue weighted by Crippen LogP contribution is -2.55. The van der Waals surface area contributed by atoms with Crippen LogP contribution in [-0.2, 0) is 30.4 Å². The molecule has 14 nitrogen and oxygen atoms in total. The number of nitrogens with two attached hydrogens (primary N) is 1. The van der Waals surface area contributed by atoms with Gasteiger partial charge in [0, 0.05) is 31.0 Å². The van der Waals surface area contributed by atoms with E-state index in [9.17, 15) is 24.0 Å². The van der Waals surface area contributed by atoms with Crippen LogP contribution in [0.1, 0.15) is 117 Å². The zero-order chi connectivity index (χ0) is 44.8. The van der Waals surface area contributed by atoms with Crippen molar-refractivity contribution in [1.82, 2.24) is 20.9 Å². The summed E-state index contributed by atoms with van der Waals surface area (Å²) in [5.41, 5.74) is 10.00. The number of anilines is 1. The molecular formula is C48H66N6O8. The zero-order valence-electron chi connectivity index (χ0n) is 37.4. The number of hydrogen-bond acceptors (Lipinski definition) is 9. The van der Waals surface area contributed by atoms with Crippen molar-refractivity contribution in [3.05, 3.63) is 77.6 Å². The molecule has 1 aromatic heterocycles. The van der Waals surface area contributed by atoms with E-state index in [0.717, 1.165) is 32.1 Å². The molecule has 14 heteroatoms. The van der Waals surface area contributed by atoms with Crippen LogP contribution in [0.5, 0.6) is 0 Å². The molecule has 6 N–H and O–H groups in total. The molecule has 4 aliphatic rings. The molecule has 2 aromatic rings. The third kappa shape index (κ3) is 11.0. The molecule has 2 fully saturated rings. The van der Waals surface area contributed by atoms with Gasteiger partial charge in [-0.25, -0.2) is 14.4 Å². The summed E-state index contributed by atoms with van der Waals surface area (Å²) < 4.78 is 16.8. The van der Waals surface area contributed by atoms with Crippen molar-refractivity contribution in [2.75, 3.05) is 11.9 Å². The van der Waals surface area contributed by atoms with E-state index in [-0.39, 0.29) is 42.4 Å². The van der Waals surface area contributed by atoms with Crippen LogP contribution >= 0.6 is 0 Å². The SMILES string of the molecule is CC(C)[C@H](NC(=O)OC(C)(C)C)C(=O)N[C@@H](CCCNC(N)=O)C(=O)Nc1ccc(COC(=O)O[C@H]2CC[C@@]3(C)C(=CCC4[C@@H]3CC[C@]3(C)C(c5cccnc5)=CC[C@@H]43)C2)cc1. The normalized spacial score (nSPS) is 26.2. The number of allylic oxidation sites excluding steroid dienone is 3. The van der Waals surface area contributed by atoms with Gasteiger partial charge in [0.1, 0.15) is 30.4 Å². The van der Waals surface area contributed by atoms with E-state index in [1.54, 1.807) is 58.9 Å². The average molecular weight is 855 g/mol. The van der Waals surface area contributed by atoms with Gasteiger partial charge >= 0.3 is 18.3 Å². The number of nitrogens with zero attached hydrogens (tertiary/aromatic N) is 1. The molecule has 6 rings (SSSR count). The van der Waals surface area contributed by atoms with E-state index in [1.165, 1.54) is 29.6 Å². The number of carbonyl (C=O) groups is 5. The van der Waals surface area contributed by atoms with Crippen LogP contribution in [0.25, 0.3) is 5.57 Å². The second-order valence-corrected chi connectivity index (χ2v) is 19.4. The van der Waals surface area contributed by atoms with Crippen molar-refractivity contribution in [3.8, 4) is 0 Å². The van der Waals surface area contributed by atoms with Crippen molar-refractivity contribution >= 4 is 41.4 Å². The Kier molecular flexibility index (Phi) is 14.4. The minimum absolute atomic E-state index is 0.00798. The first-order valence-corrected chi connectivity index (χ1v) is 22.2. The van der Waals surface area contributed by atoms with Gasteiger partial charge in [-0.05, 0) is 142 Å². The molecule has 0 spiro atoms. The number of rotatable bonds is 14. The molecule has 0 radical (unpaired) electrons. The molecule has 336 valence electrons. The van der Waals surface area contributed by atoms with Crippen molar-refractivity contribution in [1.29, 1.82) is 0 Å². The Bertz CT molecular complexity index is 2010. The fourth-order valence-corrected chi connectivity index (χ4v) is 10.5. The van der Waals surface area contributed by atoms with E-state index in [1.807, 2.05) is 18.5 Å². The monoisotopic (exact) mass is 854 g/mol. The third-order valence-corrected chi connectivity index (χ3v) is 13.7. The van der Waals surface area contributed by atoms with Gasteiger partial charge < -0.3 is 41.2 Å². The van der Waals surface area contributed by atoms with Gasteiger partial charge in [0.25, 0.3) is 0 Å². The maximum absolute atomic E-state index is 13.5. The predicted octanol–water partition coefficient (Wildman–Crippen LogP) is 8.18. The van der Waals surface area contributed by atoms with Gasteiger partial charge in [-0.3, -0.25) is 14.6 Å². The number of aromatic nitrogens is 1. The minimum Gasteiger partial charge on any atom is -0.444 e. The fourth-order valence-electron chi connectivity index (χ4n) is 10.5. The van der Waals surface area contributed by atoms with Gasteiger partial charge in [-0.15, -0.1) is 0 Å². The molecule has 4 aliphatic carbocycles. The van der Waals surface area contributed by atoms with Crippen molar-refractivity contribution in [2.24, 2.45) is 40.2 Å². The summed E-state index contributed by atoms with van der Waals surface area (Å²) >= 11 is 0. The molecule has 0 aliphatic heterocycles. The van der Waals surface area contributed by atoms with E-state index in [0.29, 0.717) is 35.4 Å². The maximum Gasteiger partial charge on any atom is 0.508 e. The van der Waals surface area contributed by atoms with Crippen LogP contribution in [0.3, 0.4) is 0 Å².